The van der Waals surface area contributed by atoms with Crippen LogP contribution in [0.1, 0.15) is 78.9 Å². The van der Waals surface area contributed by atoms with Gasteiger partial charge in [-0.2, -0.15) is 0 Å². The van der Waals surface area contributed by atoms with E-state index < -0.39 is 11.9 Å². The lowest BCUT2D eigenvalue weighted by Crippen LogP contribution is -2.32. The van der Waals surface area contributed by atoms with Gasteiger partial charge in [-0.1, -0.05) is 48.9 Å². The van der Waals surface area contributed by atoms with Crippen LogP contribution in [0.2, 0.25) is 0 Å². The summed E-state index contributed by atoms with van der Waals surface area (Å²) in [5.74, 6) is -0.838. The molecule has 1 atom stereocenters. The van der Waals surface area contributed by atoms with Crippen molar-refractivity contribution in [3.05, 3.63) is 71.3 Å². The maximum atomic E-state index is 13.0. The Labute approximate surface area is 206 Å². The number of hydrogen-bond donors (Lipinski definition) is 4. The lowest BCUT2D eigenvalue weighted by atomic mass is 10.1. The van der Waals surface area contributed by atoms with Crippen LogP contribution in [0.4, 0.5) is 0 Å². The van der Waals surface area contributed by atoms with E-state index >= 15 is 0 Å². The van der Waals surface area contributed by atoms with Gasteiger partial charge in [-0.3, -0.25) is 20.1 Å². The van der Waals surface area contributed by atoms with Gasteiger partial charge in [-0.25, -0.2) is 10.3 Å². The van der Waals surface area contributed by atoms with Gasteiger partial charge in [0.1, 0.15) is 12.1 Å². The van der Waals surface area contributed by atoms with E-state index in [9.17, 15) is 14.4 Å². The third-order valence-electron chi connectivity index (χ3n) is 6.14. The van der Waals surface area contributed by atoms with E-state index in [0.29, 0.717) is 25.1 Å². The van der Waals surface area contributed by atoms with Gasteiger partial charge in [0.2, 0.25) is 5.91 Å². The van der Waals surface area contributed by atoms with Gasteiger partial charge in [0.15, 0.2) is 0 Å². The third-order valence-corrected chi connectivity index (χ3v) is 6.14. The molecular formula is C27H35N3O5. The summed E-state index contributed by atoms with van der Waals surface area (Å²) in [5, 5.41) is 14.7. The standard InChI is InChI=1S/C27H35N3O5/c31-24(30-34)16-5-2-8-17-28-26(32)22-13-9-10-20(18-22)19-29-25(21-11-3-1-4-12-21)27(33)35-23-14-6-7-15-23/h1,3-4,9-13,18,23,25,29,34H,2,5-8,14-17,19H2,(H,28,32)(H,30,31)/t25-/m0/s1. The summed E-state index contributed by atoms with van der Waals surface area (Å²) in [6.45, 7) is 0.915. The van der Waals surface area contributed by atoms with Crippen molar-refractivity contribution < 1.29 is 24.3 Å². The second-order valence-corrected chi connectivity index (χ2v) is 8.87. The van der Waals surface area contributed by atoms with Crippen molar-refractivity contribution in [1.29, 1.82) is 0 Å². The molecule has 0 unspecified atom stereocenters. The summed E-state index contributed by atoms with van der Waals surface area (Å²) in [7, 11) is 0. The average molecular weight is 482 g/mol. The maximum Gasteiger partial charge on any atom is 0.328 e. The first-order valence-electron chi connectivity index (χ1n) is 12.4. The largest absolute Gasteiger partial charge is 0.461 e. The Balaban J connectivity index is 1.52. The molecule has 2 amide bonds. The molecule has 0 aliphatic heterocycles. The van der Waals surface area contributed by atoms with Crippen LogP contribution < -0.4 is 16.1 Å². The van der Waals surface area contributed by atoms with E-state index in [1.807, 2.05) is 48.5 Å². The minimum absolute atomic E-state index is 0.00521. The van der Waals surface area contributed by atoms with Crippen LogP contribution in [0.3, 0.4) is 0 Å². The van der Waals surface area contributed by atoms with Crippen LogP contribution in [-0.4, -0.2) is 35.6 Å². The number of carbonyl (C=O) groups excluding carboxylic acids is 3. The second-order valence-electron chi connectivity index (χ2n) is 8.87. The highest BCUT2D eigenvalue weighted by Crippen LogP contribution is 2.24. The Kier molecular flexibility index (Phi) is 10.7. The monoisotopic (exact) mass is 481 g/mol. The van der Waals surface area contributed by atoms with E-state index in [4.69, 9.17) is 9.94 Å². The zero-order chi connectivity index (χ0) is 24.9. The number of hydroxylamine groups is 1. The number of nitrogens with one attached hydrogen (secondary N) is 3. The number of unbranched alkanes of at least 4 members (excludes halogenated alkanes) is 2. The molecule has 0 heterocycles. The van der Waals surface area contributed by atoms with Gasteiger partial charge < -0.3 is 10.1 Å². The Hall–Kier alpha value is -3.23. The summed E-state index contributed by atoms with van der Waals surface area (Å²) in [6.07, 6.45) is 6.45. The molecule has 1 saturated carbocycles. The second kappa shape index (κ2) is 14.2. The number of benzene rings is 2. The van der Waals surface area contributed by atoms with Crippen LogP contribution in [-0.2, 0) is 20.9 Å². The number of amides is 2. The van der Waals surface area contributed by atoms with Crippen molar-refractivity contribution in [2.75, 3.05) is 6.54 Å². The molecule has 2 aromatic carbocycles. The number of esters is 1. The Morgan fingerprint density at radius 3 is 2.49 bits per heavy atom. The van der Waals surface area contributed by atoms with Crippen molar-refractivity contribution in [3.63, 3.8) is 0 Å². The molecule has 1 aliphatic rings. The van der Waals surface area contributed by atoms with E-state index in [1.165, 1.54) is 0 Å². The zero-order valence-electron chi connectivity index (χ0n) is 20.0. The molecule has 8 heteroatoms. The lowest BCUT2D eigenvalue weighted by molar-refractivity contribution is -0.151. The Morgan fingerprint density at radius 2 is 1.74 bits per heavy atom. The van der Waals surface area contributed by atoms with Crippen LogP contribution in [0, 0.1) is 0 Å². The van der Waals surface area contributed by atoms with Crippen molar-refractivity contribution in [3.8, 4) is 0 Å². The molecule has 0 bridgehead atoms. The van der Waals surface area contributed by atoms with E-state index in [1.54, 1.807) is 11.5 Å². The maximum absolute atomic E-state index is 13.0. The Morgan fingerprint density at radius 1 is 0.971 bits per heavy atom. The van der Waals surface area contributed by atoms with Gasteiger partial charge in [0.05, 0.1) is 0 Å². The van der Waals surface area contributed by atoms with Crippen molar-refractivity contribution >= 4 is 17.8 Å². The normalized spacial score (nSPS) is 14.3. The predicted molar refractivity (Wildman–Crippen MR) is 132 cm³/mol. The fourth-order valence-electron chi connectivity index (χ4n) is 4.21. The zero-order valence-corrected chi connectivity index (χ0v) is 20.0. The quantitative estimate of drug-likeness (QED) is 0.150. The van der Waals surface area contributed by atoms with Crippen LogP contribution in [0.5, 0.6) is 0 Å². The fourth-order valence-corrected chi connectivity index (χ4v) is 4.21. The number of ether oxygens (including phenoxy) is 1. The molecule has 3 rings (SSSR count). The first-order valence-corrected chi connectivity index (χ1v) is 12.4. The number of rotatable bonds is 13. The van der Waals surface area contributed by atoms with Crippen molar-refractivity contribution in [1.82, 2.24) is 16.1 Å². The van der Waals surface area contributed by atoms with Crippen LogP contribution in [0.25, 0.3) is 0 Å². The summed E-state index contributed by atoms with van der Waals surface area (Å²) < 4.78 is 5.77. The molecule has 1 aliphatic carbocycles. The van der Waals surface area contributed by atoms with Crippen LogP contribution in [0.15, 0.2) is 54.6 Å². The first-order chi connectivity index (χ1) is 17.1. The topological polar surface area (TPSA) is 117 Å². The summed E-state index contributed by atoms with van der Waals surface area (Å²) in [6, 6.07) is 16.3. The number of carbonyl (C=O) groups is 3. The molecule has 0 saturated heterocycles. The average Bonchev–Trinajstić information content (AvgIpc) is 3.39. The predicted octanol–water partition coefficient (Wildman–Crippen LogP) is 3.80. The molecule has 188 valence electrons. The molecule has 1 fully saturated rings. The molecule has 2 aromatic rings. The van der Waals surface area contributed by atoms with Gasteiger partial charge in [0.25, 0.3) is 5.91 Å². The minimum atomic E-state index is -0.581. The molecule has 35 heavy (non-hydrogen) atoms. The van der Waals surface area contributed by atoms with Gasteiger partial charge >= 0.3 is 5.97 Å². The van der Waals surface area contributed by atoms with Gasteiger partial charge in [-0.05, 0) is 61.8 Å². The van der Waals surface area contributed by atoms with Gasteiger partial charge in [-0.15, -0.1) is 0 Å². The van der Waals surface area contributed by atoms with Gasteiger partial charge in [0, 0.05) is 25.1 Å². The fraction of sp³-hybridized carbons (Fsp3) is 0.444. The molecule has 0 radical (unpaired) electrons. The molecule has 8 nitrogen and oxygen atoms in total. The third kappa shape index (κ3) is 8.81. The van der Waals surface area contributed by atoms with Crippen molar-refractivity contribution in [2.24, 2.45) is 0 Å². The SMILES string of the molecule is O=C(CCCCCNC(=O)c1cccc(CN[C@H](C(=O)OC2CCCC2)c2ccccc2)c1)NO. The Bertz CT molecular complexity index is 960. The number of hydrogen-bond acceptors (Lipinski definition) is 6. The summed E-state index contributed by atoms with van der Waals surface area (Å²) >= 11 is 0. The highest BCUT2D eigenvalue weighted by molar-refractivity contribution is 5.94. The molecule has 0 aromatic heterocycles. The first kappa shape index (κ1) is 26.4. The molecular weight excluding hydrogens is 446 g/mol. The van der Waals surface area contributed by atoms with E-state index in [2.05, 4.69) is 10.6 Å². The molecule has 4 N–H and O–H groups in total. The van der Waals surface area contributed by atoms with Crippen molar-refractivity contribution in [2.45, 2.75) is 70.1 Å². The van der Waals surface area contributed by atoms with Crippen LogP contribution >= 0.6 is 0 Å². The summed E-state index contributed by atoms with van der Waals surface area (Å²) in [4.78, 5) is 36.5. The molecule has 0 spiro atoms. The highest BCUT2D eigenvalue weighted by atomic mass is 16.5. The smallest absolute Gasteiger partial charge is 0.328 e. The van der Waals surface area contributed by atoms with E-state index in [0.717, 1.165) is 49.7 Å². The minimum Gasteiger partial charge on any atom is -0.461 e. The lowest BCUT2D eigenvalue weighted by Gasteiger charge is -2.21. The summed E-state index contributed by atoms with van der Waals surface area (Å²) in [5.41, 5.74) is 3.90. The highest BCUT2D eigenvalue weighted by Gasteiger charge is 2.26. The van der Waals surface area contributed by atoms with E-state index in [-0.39, 0.29) is 24.4 Å².